The van der Waals surface area contributed by atoms with Crippen molar-refractivity contribution in [2.45, 2.75) is 26.6 Å². The van der Waals surface area contributed by atoms with Gasteiger partial charge in [0, 0.05) is 37.4 Å². The number of hydrogen-bond donors (Lipinski definition) is 0. The van der Waals surface area contributed by atoms with Crippen molar-refractivity contribution in [2.75, 3.05) is 31.1 Å². The highest BCUT2D eigenvalue weighted by Gasteiger charge is 2.38. The Morgan fingerprint density at radius 3 is 2.42 bits per heavy atom. The van der Waals surface area contributed by atoms with E-state index >= 15 is 0 Å². The van der Waals surface area contributed by atoms with E-state index in [1.165, 1.54) is 0 Å². The summed E-state index contributed by atoms with van der Waals surface area (Å²) in [6, 6.07) is 0. The summed E-state index contributed by atoms with van der Waals surface area (Å²) in [7, 11) is 0. The van der Waals surface area contributed by atoms with Gasteiger partial charge in [-0.2, -0.15) is 13.2 Å². The summed E-state index contributed by atoms with van der Waals surface area (Å²) in [4.78, 5) is 12.6. The number of hydrogen-bond acceptors (Lipinski definition) is 7. The molecule has 0 spiro atoms. The van der Waals surface area contributed by atoms with Gasteiger partial charge >= 0.3 is 12.1 Å². The van der Waals surface area contributed by atoms with Crippen LogP contribution >= 0.6 is 0 Å². The molecule has 0 N–H and O–H groups in total. The van der Waals surface area contributed by atoms with Crippen LogP contribution in [0.5, 0.6) is 0 Å². The monoisotopic (exact) mass is 342 g/mol. The second kappa shape index (κ2) is 6.34. The van der Waals surface area contributed by atoms with Gasteiger partial charge < -0.3 is 9.32 Å². The molecule has 0 amide bonds. The van der Waals surface area contributed by atoms with Crippen molar-refractivity contribution < 1.29 is 17.6 Å². The van der Waals surface area contributed by atoms with Crippen molar-refractivity contribution in [2.24, 2.45) is 0 Å². The van der Waals surface area contributed by atoms with Crippen LogP contribution in [0.25, 0.3) is 0 Å². The van der Waals surface area contributed by atoms with E-state index in [0.29, 0.717) is 13.1 Å². The van der Waals surface area contributed by atoms with Crippen LogP contribution in [-0.2, 0) is 12.7 Å². The van der Waals surface area contributed by atoms with Crippen molar-refractivity contribution in [3.63, 3.8) is 0 Å². The molecule has 2 aromatic rings. The lowest BCUT2D eigenvalue weighted by atomic mass is 10.2. The first-order valence-corrected chi connectivity index (χ1v) is 7.49. The van der Waals surface area contributed by atoms with Gasteiger partial charge in [0.15, 0.2) is 0 Å². The van der Waals surface area contributed by atoms with Gasteiger partial charge in [-0.05, 0) is 13.8 Å². The fraction of sp³-hybridized carbons (Fsp3) is 0.571. The number of alkyl halides is 3. The zero-order valence-electron chi connectivity index (χ0n) is 13.3. The van der Waals surface area contributed by atoms with E-state index in [2.05, 4.69) is 29.5 Å². The number of halogens is 3. The van der Waals surface area contributed by atoms with Crippen molar-refractivity contribution in [3.8, 4) is 0 Å². The van der Waals surface area contributed by atoms with Crippen LogP contribution in [0.2, 0.25) is 0 Å². The van der Waals surface area contributed by atoms with Gasteiger partial charge in [0.2, 0.25) is 5.89 Å². The lowest BCUT2D eigenvalue weighted by Gasteiger charge is -2.35. The highest BCUT2D eigenvalue weighted by molar-refractivity contribution is 5.47. The average molecular weight is 342 g/mol. The molecule has 1 aliphatic rings. The first kappa shape index (κ1) is 16.6. The maximum absolute atomic E-state index is 12.5. The Kier molecular flexibility index (Phi) is 4.39. The molecule has 130 valence electrons. The minimum Gasteiger partial charge on any atom is -0.416 e. The summed E-state index contributed by atoms with van der Waals surface area (Å²) in [5.74, 6) is -0.424. The van der Waals surface area contributed by atoms with Crippen LogP contribution in [0, 0.1) is 13.8 Å². The second-order valence-corrected chi connectivity index (χ2v) is 5.67. The lowest BCUT2D eigenvalue weighted by molar-refractivity contribution is -0.157. The molecule has 1 aliphatic heterocycles. The van der Waals surface area contributed by atoms with Crippen molar-refractivity contribution in [1.29, 1.82) is 0 Å². The van der Waals surface area contributed by atoms with E-state index < -0.39 is 12.1 Å². The molecular formula is C14H17F3N6O. The van der Waals surface area contributed by atoms with Crippen LogP contribution in [0.15, 0.2) is 10.7 Å². The van der Waals surface area contributed by atoms with E-state index in [9.17, 15) is 13.2 Å². The smallest absolute Gasteiger partial charge is 0.416 e. The van der Waals surface area contributed by atoms with Crippen molar-refractivity contribution in [3.05, 3.63) is 29.4 Å². The van der Waals surface area contributed by atoms with Crippen LogP contribution in [0.1, 0.15) is 23.0 Å². The van der Waals surface area contributed by atoms with E-state index in [1.54, 1.807) is 6.33 Å². The summed E-state index contributed by atoms with van der Waals surface area (Å²) in [5, 5.41) is 6.51. The highest BCUT2D eigenvalue weighted by Crippen LogP contribution is 2.28. The van der Waals surface area contributed by atoms with Crippen LogP contribution in [0.4, 0.5) is 19.0 Å². The molecule has 0 radical (unpaired) electrons. The van der Waals surface area contributed by atoms with Crippen LogP contribution < -0.4 is 4.90 Å². The zero-order valence-corrected chi connectivity index (χ0v) is 13.3. The second-order valence-electron chi connectivity index (χ2n) is 5.67. The predicted molar refractivity (Wildman–Crippen MR) is 78.3 cm³/mol. The minimum absolute atomic E-state index is 0.0233. The number of aryl methyl sites for hydroxylation is 1. The third-order valence-corrected chi connectivity index (χ3v) is 4.05. The Balaban J connectivity index is 1.59. The summed E-state index contributed by atoms with van der Waals surface area (Å²) in [5.41, 5.74) is 1.98. The molecule has 0 unspecified atom stereocenters. The summed E-state index contributed by atoms with van der Waals surface area (Å²) in [6.45, 7) is 6.91. The molecule has 0 aromatic carbocycles. The van der Waals surface area contributed by atoms with Gasteiger partial charge in [0.25, 0.3) is 0 Å². The molecule has 24 heavy (non-hydrogen) atoms. The third kappa shape index (κ3) is 3.48. The molecule has 0 aliphatic carbocycles. The van der Waals surface area contributed by atoms with E-state index in [4.69, 9.17) is 0 Å². The van der Waals surface area contributed by atoms with Gasteiger partial charge in [0.1, 0.15) is 12.1 Å². The Hall–Kier alpha value is -2.23. The van der Waals surface area contributed by atoms with Gasteiger partial charge in [-0.3, -0.25) is 4.90 Å². The average Bonchev–Trinajstić information content (AvgIpc) is 3.00. The number of aromatic nitrogens is 4. The normalized spacial score (nSPS) is 16.6. The van der Waals surface area contributed by atoms with E-state index in [1.807, 2.05) is 18.7 Å². The molecule has 0 saturated carbocycles. The molecule has 2 aromatic heterocycles. The maximum atomic E-state index is 12.5. The van der Waals surface area contributed by atoms with Crippen molar-refractivity contribution >= 4 is 5.82 Å². The summed E-state index contributed by atoms with van der Waals surface area (Å²) in [6.07, 6.45) is -3.06. The molecule has 1 fully saturated rings. The number of anilines is 1. The molecule has 3 heterocycles. The maximum Gasteiger partial charge on any atom is 0.470 e. The molecule has 3 rings (SSSR count). The lowest BCUT2D eigenvalue weighted by Crippen LogP contribution is -2.46. The van der Waals surface area contributed by atoms with Crippen LogP contribution in [0.3, 0.4) is 0 Å². The Morgan fingerprint density at radius 2 is 1.79 bits per heavy atom. The van der Waals surface area contributed by atoms with Crippen LogP contribution in [-0.4, -0.2) is 51.2 Å². The standard InChI is InChI=1S/C14H17F3N6O/c1-9-10(2)18-8-19-12(9)23-5-3-22(4-6-23)7-11-20-21-13(24-11)14(15,16)17/h8H,3-7H2,1-2H3. The molecular weight excluding hydrogens is 325 g/mol. The van der Waals surface area contributed by atoms with E-state index in [0.717, 1.165) is 30.2 Å². The molecule has 1 saturated heterocycles. The number of piperazine rings is 1. The Morgan fingerprint density at radius 1 is 1.08 bits per heavy atom. The highest BCUT2D eigenvalue weighted by atomic mass is 19.4. The van der Waals surface area contributed by atoms with Gasteiger partial charge in [-0.25, -0.2) is 9.97 Å². The van der Waals surface area contributed by atoms with Gasteiger partial charge in [-0.15, -0.1) is 10.2 Å². The first-order chi connectivity index (χ1) is 11.3. The predicted octanol–water partition coefficient (Wildman–Crippen LogP) is 1.82. The first-order valence-electron chi connectivity index (χ1n) is 7.49. The number of nitrogens with zero attached hydrogens (tertiary/aromatic N) is 6. The number of rotatable bonds is 3. The quantitative estimate of drug-likeness (QED) is 0.842. The third-order valence-electron chi connectivity index (χ3n) is 4.05. The van der Waals surface area contributed by atoms with Gasteiger partial charge in [-0.1, -0.05) is 0 Å². The van der Waals surface area contributed by atoms with Crippen molar-refractivity contribution in [1.82, 2.24) is 25.1 Å². The molecule has 7 nitrogen and oxygen atoms in total. The van der Waals surface area contributed by atoms with Gasteiger partial charge in [0.05, 0.1) is 6.54 Å². The van der Waals surface area contributed by atoms with E-state index in [-0.39, 0.29) is 12.4 Å². The SMILES string of the molecule is Cc1ncnc(N2CCN(Cc3nnc(C(F)(F)F)o3)CC2)c1C. The summed E-state index contributed by atoms with van der Waals surface area (Å²) < 4.78 is 42.1. The minimum atomic E-state index is -4.60. The zero-order chi connectivity index (χ0) is 17.3. The topological polar surface area (TPSA) is 71.2 Å². The fourth-order valence-corrected chi connectivity index (χ4v) is 2.59. The summed E-state index contributed by atoms with van der Waals surface area (Å²) >= 11 is 0. The largest absolute Gasteiger partial charge is 0.470 e. The Bertz CT molecular complexity index is 709. The molecule has 0 atom stereocenters. The Labute approximate surface area is 136 Å². The molecule has 10 heteroatoms. The fourth-order valence-electron chi connectivity index (χ4n) is 2.59. The molecule has 0 bridgehead atoms.